The average Bonchev–Trinajstić information content (AvgIpc) is 3.27. The molecule has 1 amide bonds. The van der Waals surface area contributed by atoms with Crippen LogP contribution in [0.25, 0.3) is 10.9 Å². The van der Waals surface area contributed by atoms with Gasteiger partial charge in [0.15, 0.2) is 0 Å². The number of aromatic nitrogens is 1. The van der Waals surface area contributed by atoms with Crippen molar-refractivity contribution < 1.29 is 9.53 Å². The van der Waals surface area contributed by atoms with E-state index in [9.17, 15) is 4.79 Å². The van der Waals surface area contributed by atoms with E-state index in [-0.39, 0.29) is 11.9 Å². The smallest absolute Gasteiger partial charge is 0.255 e. The number of rotatable bonds is 4. The summed E-state index contributed by atoms with van der Waals surface area (Å²) in [7, 11) is 1.67. The van der Waals surface area contributed by atoms with Crippen LogP contribution in [0.15, 0.2) is 79.0 Å². The fourth-order valence-corrected chi connectivity index (χ4v) is 4.12. The molecule has 4 nitrogen and oxygen atoms in total. The third-order valence-corrected chi connectivity index (χ3v) is 5.47. The van der Waals surface area contributed by atoms with Crippen LogP contribution in [0.3, 0.4) is 0 Å². The molecular formula is C24H20N2O2. The molecule has 138 valence electrons. The van der Waals surface area contributed by atoms with Gasteiger partial charge in [-0.3, -0.25) is 4.79 Å². The maximum absolute atomic E-state index is 13.3. The number of methoxy groups -OCH3 is 1. The molecule has 3 aromatic carbocycles. The van der Waals surface area contributed by atoms with Gasteiger partial charge in [0, 0.05) is 34.8 Å². The Balaban J connectivity index is 1.67. The lowest BCUT2D eigenvalue weighted by molar-refractivity contribution is 0.0737. The van der Waals surface area contributed by atoms with Crippen LogP contribution in [0, 0.1) is 0 Å². The van der Waals surface area contributed by atoms with Crippen LogP contribution in [0.5, 0.6) is 5.75 Å². The van der Waals surface area contributed by atoms with Gasteiger partial charge in [-0.15, -0.1) is 0 Å². The van der Waals surface area contributed by atoms with Gasteiger partial charge in [0.2, 0.25) is 0 Å². The molecule has 0 radical (unpaired) electrons. The minimum Gasteiger partial charge on any atom is -0.497 e. The van der Waals surface area contributed by atoms with Gasteiger partial charge in [-0.1, -0.05) is 48.5 Å². The highest BCUT2D eigenvalue weighted by atomic mass is 16.5. The number of benzene rings is 3. The van der Waals surface area contributed by atoms with Crippen molar-refractivity contribution in [3.63, 3.8) is 0 Å². The molecule has 1 aromatic heterocycles. The number of fused-ring (bicyclic) bond motifs is 2. The number of nitrogens with zero attached hydrogens (tertiary/aromatic N) is 1. The monoisotopic (exact) mass is 368 g/mol. The van der Waals surface area contributed by atoms with Gasteiger partial charge in [0.25, 0.3) is 5.91 Å². The summed E-state index contributed by atoms with van der Waals surface area (Å²) >= 11 is 0. The van der Waals surface area contributed by atoms with E-state index < -0.39 is 0 Å². The van der Waals surface area contributed by atoms with Crippen LogP contribution in [-0.2, 0) is 6.54 Å². The van der Waals surface area contributed by atoms with Gasteiger partial charge in [-0.2, -0.15) is 0 Å². The third kappa shape index (κ3) is 2.57. The van der Waals surface area contributed by atoms with Gasteiger partial charge in [0.05, 0.1) is 13.2 Å². The Labute approximate surface area is 163 Å². The maximum Gasteiger partial charge on any atom is 0.255 e. The van der Waals surface area contributed by atoms with Crippen molar-refractivity contribution >= 4 is 16.8 Å². The second kappa shape index (κ2) is 6.57. The van der Waals surface area contributed by atoms with E-state index in [0.717, 1.165) is 38.9 Å². The molecule has 4 heteroatoms. The average molecular weight is 368 g/mol. The van der Waals surface area contributed by atoms with Gasteiger partial charge >= 0.3 is 0 Å². The van der Waals surface area contributed by atoms with Crippen LogP contribution < -0.4 is 4.74 Å². The van der Waals surface area contributed by atoms with Crippen molar-refractivity contribution in [3.8, 4) is 5.75 Å². The van der Waals surface area contributed by atoms with Crippen molar-refractivity contribution in [1.29, 1.82) is 0 Å². The first kappa shape index (κ1) is 16.6. The lowest BCUT2D eigenvalue weighted by atomic mass is 9.97. The van der Waals surface area contributed by atoms with Crippen LogP contribution in [0.2, 0.25) is 0 Å². The summed E-state index contributed by atoms with van der Waals surface area (Å²) in [6.45, 7) is 0.565. The zero-order chi connectivity index (χ0) is 19.1. The molecule has 0 saturated heterocycles. The zero-order valence-corrected chi connectivity index (χ0v) is 15.6. The molecule has 0 fully saturated rings. The summed E-state index contributed by atoms with van der Waals surface area (Å²) in [5.41, 5.74) is 5.06. The molecule has 0 aliphatic carbocycles. The van der Waals surface area contributed by atoms with Gasteiger partial charge in [0.1, 0.15) is 5.75 Å². The van der Waals surface area contributed by atoms with E-state index in [1.54, 1.807) is 7.11 Å². The highest BCUT2D eigenvalue weighted by molar-refractivity contribution is 6.00. The summed E-state index contributed by atoms with van der Waals surface area (Å²) in [6.07, 6.45) is 2.02. The third-order valence-electron chi connectivity index (χ3n) is 5.47. The normalized spacial score (nSPS) is 15.8. The Morgan fingerprint density at radius 3 is 2.57 bits per heavy atom. The van der Waals surface area contributed by atoms with Crippen LogP contribution >= 0.6 is 0 Å². The van der Waals surface area contributed by atoms with E-state index in [1.807, 2.05) is 65.7 Å². The van der Waals surface area contributed by atoms with Crippen molar-refractivity contribution in [1.82, 2.24) is 9.88 Å². The summed E-state index contributed by atoms with van der Waals surface area (Å²) < 4.78 is 5.43. The Bertz CT molecular complexity index is 1160. The fraction of sp³-hybridized carbons (Fsp3) is 0.125. The highest BCUT2D eigenvalue weighted by Crippen LogP contribution is 2.42. The number of carbonyl (C=O) groups excluding carboxylic acids is 1. The number of hydrogen-bond donors (Lipinski definition) is 1. The Hall–Kier alpha value is -3.53. The maximum atomic E-state index is 13.3. The Kier molecular flexibility index (Phi) is 3.90. The van der Waals surface area contributed by atoms with E-state index in [4.69, 9.17) is 4.74 Å². The Morgan fingerprint density at radius 2 is 1.75 bits per heavy atom. The molecule has 1 unspecified atom stereocenters. The van der Waals surface area contributed by atoms with Gasteiger partial charge in [-0.05, 0) is 35.4 Å². The number of nitrogens with one attached hydrogen (secondary N) is 1. The van der Waals surface area contributed by atoms with Crippen molar-refractivity contribution in [2.75, 3.05) is 7.11 Å². The molecule has 1 N–H and O–H groups in total. The number of aromatic amines is 1. The summed E-state index contributed by atoms with van der Waals surface area (Å²) in [5, 5.41) is 1.08. The molecule has 0 saturated carbocycles. The standard InChI is InChI=1S/C24H20N2O2/c1-28-17-11-12-22-20(13-17)21(14-25-22)23-18-9-5-6-10-19(18)24(27)26(23)15-16-7-3-2-4-8-16/h2-14,23,25H,15H2,1H3. The molecule has 2 heterocycles. The van der Waals surface area contributed by atoms with Crippen molar-refractivity contribution in [2.45, 2.75) is 12.6 Å². The lowest BCUT2D eigenvalue weighted by Crippen LogP contribution is -2.28. The number of hydrogen-bond acceptors (Lipinski definition) is 2. The first-order chi connectivity index (χ1) is 13.8. The largest absolute Gasteiger partial charge is 0.497 e. The predicted octanol–water partition coefficient (Wildman–Crippen LogP) is 4.92. The van der Waals surface area contributed by atoms with E-state index in [2.05, 4.69) is 23.2 Å². The first-order valence-electron chi connectivity index (χ1n) is 9.35. The lowest BCUT2D eigenvalue weighted by Gasteiger charge is -2.25. The van der Waals surface area contributed by atoms with Crippen molar-refractivity contribution in [3.05, 3.63) is 101 Å². The number of amides is 1. The Morgan fingerprint density at radius 1 is 0.964 bits per heavy atom. The second-order valence-electron chi connectivity index (χ2n) is 7.06. The van der Waals surface area contributed by atoms with Gasteiger partial charge < -0.3 is 14.6 Å². The number of carbonyl (C=O) groups is 1. The minimum absolute atomic E-state index is 0.0710. The first-order valence-corrected chi connectivity index (χ1v) is 9.35. The van der Waals surface area contributed by atoms with Crippen LogP contribution in [-0.4, -0.2) is 22.9 Å². The minimum atomic E-state index is -0.134. The summed E-state index contributed by atoms with van der Waals surface area (Å²) in [6, 6.07) is 23.9. The van der Waals surface area contributed by atoms with E-state index in [0.29, 0.717) is 6.54 Å². The summed E-state index contributed by atoms with van der Waals surface area (Å²) in [5.74, 6) is 0.877. The van der Waals surface area contributed by atoms with Crippen LogP contribution in [0.4, 0.5) is 0 Å². The second-order valence-corrected chi connectivity index (χ2v) is 7.06. The van der Waals surface area contributed by atoms with Crippen molar-refractivity contribution in [2.24, 2.45) is 0 Å². The van der Waals surface area contributed by atoms with Gasteiger partial charge in [-0.25, -0.2) is 0 Å². The zero-order valence-electron chi connectivity index (χ0n) is 15.6. The van der Waals surface area contributed by atoms with Crippen LogP contribution in [0.1, 0.15) is 33.1 Å². The molecule has 5 rings (SSSR count). The molecule has 1 aliphatic heterocycles. The van der Waals surface area contributed by atoms with E-state index >= 15 is 0 Å². The fourth-order valence-electron chi connectivity index (χ4n) is 4.12. The number of H-pyrrole nitrogens is 1. The highest BCUT2D eigenvalue weighted by Gasteiger charge is 2.38. The molecule has 28 heavy (non-hydrogen) atoms. The van der Waals surface area contributed by atoms with E-state index in [1.165, 1.54) is 0 Å². The predicted molar refractivity (Wildman–Crippen MR) is 109 cm³/mol. The molecule has 0 spiro atoms. The quantitative estimate of drug-likeness (QED) is 0.556. The molecular weight excluding hydrogens is 348 g/mol. The molecule has 1 aliphatic rings. The molecule has 4 aromatic rings. The topological polar surface area (TPSA) is 45.3 Å². The number of ether oxygens (including phenoxy) is 1. The molecule has 1 atom stereocenters. The summed E-state index contributed by atoms with van der Waals surface area (Å²) in [4.78, 5) is 18.6. The SMILES string of the molecule is COc1ccc2[nH]cc(C3c4ccccc4C(=O)N3Cc3ccccc3)c2c1. The molecule has 0 bridgehead atoms.